The summed E-state index contributed by atoms with van der Waals surface area (Å²) in [7, 11) is 2.99. The normalized spacial score (nSPS) is 9.75. The average Bonchev–Trinajstić information content (AvgIpc) is 2.05. The van der Waals surface area contributed by atoms with Crippen molar-refractivity contribution in [3.63, 3.8) is 0 Å². The van der Waals surface area contributed by atoms with Crippen LogP contribution in [-0.4, -0.2) is 22.3 Å². The molecule has 0 aliphatic carbocycles. The van der Waals surface area contributed by atoms with E-state index < -0.39 is 5.97 Å². The number of pyridine rings is 1. The van der Waals surface area contributed by atoms with Gasteiger partial charge in [-0.05, 0) is 29.2 Å². The fourth-order valence-corrected chi connectivity index (χ4v) is 1.91. The lowest BCUT2D eigenvalue weighted by Gasteiger charge is -1.97. The Morgan fingerprint density at radius 1 is 1.67 bits per heavy atom. The minimum Gasteiger partial charge on any atom is -0.478 e. The molecule has 0 amide bonds. The zero-order valence-electron chi connectivity index (χ0n) is 6.35. The van der Waals surface area contributed by atoms with Crippen molar-refractivity contribution in [3.05, 3.63) is 23.9 Å². The van der Waals surface area contributed by atoms with Gasteiger partial charge in [-0.25, -0.2) is 9.78 Å². The Bertz CT molecular complexity index is 290. The summed E-state index contributed by atoms with van der Waals surface area (Å²) in [5.74, 6) is -0.916. The summed E-state index contributed by atoms with van der Waals surface area (Å²) in [6, 6.07) is 3.04. The van der Waals surface area contributed by atoms with Crippen LogP contribution in [0.25, 0.3) is 0 Å². The topological polar surface area (TPSA) is 50.2 Å². The van der Waals surface area contributed by atoms with E-state index in [0.717, 1.165) is 5.03 Å². The van der Waals surface area contributed by atoms with Crippen molar-refractivity contribution in [2.24, 2.45) is 0 Å². The lowest BCUT2D eigenvalue weighted by Crippen LogP contribution is -1.96. The molecule has 12 heavy (non-hydrogen) atoms. The van der Waals surface area contributed by atoms with E-state index in [9.17, 15) is 4.79 Å². The van der Waals surface area contributed by atoms with Gasteiger partial charge in [-0.3, -0.25) is 0 Å². The molecule has 0 saturated carbocycles. The van der Waals surface area contributed by atoms with E-state index in [1.54, 1.807) is 6.07 Å². The smallest absolute Gasteiger partial charge is 0.335 e. The molecule has 0 unspecified atom stereocenters. The third-order valence-corrected chi connectivity index (χ3v) is 2.72. The number of rotatable bonds is 3. The highest BCUT2D eigenvalue weighted by Crippen LogP contribution is 2.26. The summed E-state index contributed by atoms with van der Waals surface area (Å²) in [5, 5.41) is 9.36. The van der Waals surface area contributed by atoms with Crippen LogP contribution < -0.4 is 0 Å². The van der Waals surface area contributed by atoms with Crippen molar-refractivity contribution in [2.75, 3.05) is 6.26 Å². The Morgan fingerprint density at radius 3 is 3.00 bits per heavy atom. The molecule has 3 nitrogen and oxygen atoms in total. The molecule has 0 radical (unpaired) electrons. The standard InChI is InChI=1S/C7H7NO2S2/c1-11-12-6-4-5(7(9)10)2-3-8-6/h2-4H,1H3,(H,9,10). The van der Waals surface area contributed by atoms with Crippen molar-refractivity contribution in [3.8, 4) is 0 Å². The van der Waals surface area contributed by atoms with Gasteiger partial charge in [0.1, 0.15) is 5.03 Å². The van der Waals surface area contributed by atoms with E-state index in [-0.39, 0.29) is 5.56 Å². The zero-order valence-corrected chi connectivity index (χ0v) is 7.98. The summed E-state index contributed by atoms with van der Waals surface area (Å²) >= 11 is 0. The Balaban J connectivity index is 2.88. The lowest BCUT2D eigenvalue weighted by molar-refractivity contribution is 0.0696. The van der Waals surface area contributed by atoms with Crippen molar-refractivity contribution in [1.82, 2.24) is 4.98 Å². The molecule has 0 spiro atoms. The number of aromatic carboxylic acids is 1. The monoisotopic (exact) mass is 201 g/mol. The van der Waals surface area contributed by atoms with Crippen LogP contribution in [0.5, 0.6) is 0 Å². The number of hydrogen-bond acceptors (Lipinski definition) is 4. The first-order chi connectivity index (χ1) is 5.74. The predicted octanol–water partition coefficient (Wildman–Crippen LogP) is 2.15. The van der Waals surface area contributed by atoms with Gasteiger partial charge in [0.25, 0.3) is 0 Å². The molecule has 0 saturated heterocycles. The van der Waals surface area contributed by atoms with Crippen LogP contribution in [0.15, 0.2) is 23.4 Å². The average molecular weight is 201 g/mol. The molecule has 1 aromatic heterocycles. The molecule has 64 valence electrons. The van der Waals surface area contributed by atoms with Gasteiger partial charge >= 0.3 is 5.97 Å². The molecule has 0 atom stereocenters. The maximum Gasteiger partial charge on any atom is 0.335 e. The van der Waals surface area contributed by atoms with Crippen LogP contribution in [0, 0.1) is 0 Å². The van der Waals surface area contributed by atoms with E-state index in [1.807, 2.05) is 6.26 Å². The Hall–Kier alpha value is -0.680. The van der Waals surface area contributed by atoms with Gasteiger partial charge in [0.2, 0.25) is 0 Å². The molecule has 0 aromatic carbocycles. The third-order valence-electron chi connectivity index (χ3n) is 1.15. The van der Waals surface area contributed by atoms with Gasteiger partial charge in [0, 0.05) is 6.20 Å². The predicted molar refractivity (Wildman–Crippen MR) is 50.6 cm³/mol. The van der Waals surface area contributed by atoms with E-state index in [1.165, 1.54) is 33.9 Å². The second-order valence-corrected chi connectivity index (χ2v) is 4.36. The molecule has 0 aliphatic heterocycles. The fourth-order valence-electron chi connectivity index (χ4n) is 0.673. The summed E-state index contributed by atoms with van der Waals surface area (Å²) in [6.45, 7) is 0. The van der Waals surface area contributed by atoms with Gasteiger partial charge in [-0.1, -0.05) is 10.8 Å². The maximum absolute atomic E-state index is 10.5. The molecular weight excluding hydrogens is 194 g/mol. The second kappa shape index (κ2) is 4.37. The minimum atomic E-state index is -0.916. The highest BCUT2D eigenvalue weighted by molar-refractivity contribution is 8.76. The van der Waals surface area contributed by atoms with Gasteiger partial charge in [0.15, 0.2) is 0 Å². The number of aromatic nitrogens is 1. The molecule has 0 fully saturated rings. The van der Waals surface area contributed by atoms with Crippen molar-refractivity contribution >= 4 is 27.6 Å². The SMILES string of the molecule is CSSc1cc(C(=O)O)ccn1. The molecule has 1 rings (SSSR count). The third kappa shape index (κ3) is 2.42. The first-order valence-electron chi connectivity index (χ1n) is 3.14. The molecule has 1 heterocycles. The number of hydrogen-bond donors (Lipinski definition) is 1. The highest BCUT2D eigenvalue weighted by atomic mass is 33.1. The van der Waals surface area contributed by atoms with E-state index in [4.69, 9.17) is 5.11 Å². The van der Waals surface area contributed by atoms with Gasteiger partial charge in [-0.15, -0.1) is 0 Å². The largest absolute Gasteiger partial charge is 0.478 e. The van der Waals surface area contributed by atoms with Crippen LogP contribution >= 0.6 is 21.6 Å². The second-order valence-electron chi connectivity index (χ2n) is 1.94. The van der Waals surface area contributed by atoms with Gasteiger partial charge in [0.05, 0.1) is 5.56 Å². The number of carboxylic acids is 1. The first kappa shape index (κ1) is 9.41. The molecular formula is C7H7NO2S2. The molecule has 0 aliphatic rings. The van der Waals surface area contributed by atoms with Crippen molar-refractivity contribution in [1.29, 1.82) is 0 Å². The summed E-state index contributed by atoms with van der Waals surface area (Å²) in [5.41, 5.74) is 0.279. The van der Waals surface area contributed by atoms with E-state index in [2.05, 4.69) is 4.98 Å². The van der Waals surface area contributed by atoms with Crippen LogP contribution in [0.4, 0.5) is 0 Å². The highest BCUT2D eigenvalue weighted by Gasteiger charge is 2.03. The number of carboxylic acid groups (broad SMARTS) is 1. The van der Waals surface area contributed by atoms with Crippen LogP contribution in [-0.2, 0) is 0 Å². The summed E-state index contributed by atoms with van der Waals surface area (Å²) in [4.78, 5) is 14.5. The fraction of sp³-hybridized carbons (Fsp3) is 0.143. The summed E-state index contributed by atoms with van der Waals surface area (Å²) in [6.07, 6.45) is 3.42. The molecule has 1 aromatic rings. The first-order valence-corrected chi connectivity index (χ1v) is 5.70. The van der Waals surface area contributed by atoms with Crippen molar-refractivity contribution in [2.45, 2.75) is 5.03 Å². The van der Waals surface area contributed by atoms with E-state index >= 15 is 0 Å². The Kier molecular flexibility index (Phi) is 3.43. The van der Waals surface area contributed by atoms with Crippen LogP contribution in [0.2, 0.25) is 0 Å². The number of nitrogens with zero attached hydrogens (tertiary/aromatic N) is 1. The van der Waals surface area contributed by atoms with Crippen LogP contribution in [0.1, 0.15) is 10.4 Å². The Morgan fingerprint density at radius 2 is 2.42 bits per heavy atom. The van der Waals surface area contributed by atoms with Gasteiger partial charge < -0.3 is 5.11 Å². The molecule has 1 N–H and O–H groups in total. The van der Waals surface area contributed by atoms with Crippen LogP contribution in [0.3, 0.4) is 0 Å². The lowest BCUT2D eigenvalue weighted by atomic mass is 10.3. The molecule has 0 bridgehead atoms. The maximum atomic E-state index is 10.5. The number of carbonyl (C=O) groups is 1. The Labute approximate surface area is 78.0 Å². The quantitative estimate of drug-likeness (QED) is 0.759. The zero-order chi connectivity index (χ0) is 8.97. The van der Waals surface area contributed by atoms with Crippen molar-refractivity contribution < 1.29 is 9.90 Å². The van der Waals surface area contributed by atoms with Gasteiger partial charge in [-0.2, -0.15) is 0 Å². The summed E-state index contributed by atoms with van der Waals surface area (Å²) < 4.78 is 0. The molecule has 5 heteroatoms. The van der Waals surface area contributed by atoms with E-state index in [0.29, 0.717) is 0 Å². The minimum absolute atomic E-state index is 0.279.